The van der Waals surface area contributed by atoms with E-state index in [1.165, 1.54) is 30.5 Å². The molecule has 1 saturated heterocycles. The van der Waals surface area contributed by atoms with Gasteiger partial charge in [-0.05, 0) is 48.4 Å². The lowest BCUT2D eigenvalue weighted by Gasteiger charge is -2.29. The number of fused-ring (bicyclic) bond motifs is 1. The highest BCUT2D eigenvalue weighted by atomic mass is 35.5. The Balaban J connectivity index is 1.44. The van der Waals surface area contributed by atoms with Crippen LogP contribution in [-0.4, -0.2) is 72.1 Å². The fourth-order valence-corrected chi connectivity index (χ4v) is 4.45. The summed E-state index contributed by atoms with van der Waals surface area (Å²) in [7, 11) is 1.76. The fourth-order valence-electron chi connectivity index (χ4n) is 4.36. The zero-order valence-electron chi connectivity index (χ0n) is 19.9. The van der Waals surface area contributed by atoms with Gasteiger partial charge in [-0.1, -0.05) is 0 Å². The maximum atomic E-state index is 13.1. The molecule has 2 amide bonds. The van der Waals surface area contributed by atoms with E-state index < -0.39 is 11.5 Å². The predicted molar refractivity (Wildman–Crippen MR) is 134 cm³/mol. The van der Waals surface area contributed by atoms with Crippen molar-refractivity contribution in [1.29, 1.82) is 0 Å². The number of alkyl halides is 3. The van der Waals surface area contributed by atoms with Crippen molar-refractivity contribution in [3.63, 3.8) is 0 Å². The first kappa shape index (κ1) is 25.0. The summed E-state index contributed by atoms with van der Waals surface area (Å²) in [6, 6.07) is 9.06. The quantitative estimate of drug-likeness (QED) is 0.467. The van der Waals surface area contributed by atoms with Gasteiger partial charge in [-0.3, -0.25) is 9.59 Å². The molecule has 37 heavy (non-hydrogen) atoms. The average molecular weight is 532 g/mol. The number of ether oxygens (including phenoxy) is 2. The van der Waals surface area contributed by atoms with Crippen LogP contribution in [0.5, 0.6) is 5.75 Å². The third-order valence-electron chi connectivity index (χ3n) is 6.25. The highest BCUT2D eigenvalue weighted by Gasteiger charge is 2.28. The van der Waals surface area contributed by atoms with Crippen LogP contribution in [0.1, 0.15) is 26.4 Å². The summed E-state index contributed by atoms with van der Waals surface area (Å²) in [4.78, 5) is 37.3. The summed E-state index contributed by atoms with van der Waals surface area (Å²) in [6.07, 6.45) is 2.21. The van der Waals surface area contributed by atoms with Crippen molar-refractivity contribution in [3.8, 4) is 17.0 Å². The molecule has 0 radical (unpaired) electrons. The number of anilines is 2. The van der Waals surface area contributed by atoms with Gasteiger partial charge in [-0.2, -0.15) is 0 Å². The molecule has 9 nitrogen and oxygen atoms in total. The van der Waals surface area contributed by atoms with Gasteiger partial charge in [0.25, 0.3) is 11.8 Å². The molecule has 0 unspecified atom stereocenters. The number of hydrogen-bond acceptors (Lipinski definition) is 6. The van der Waals surface area contributed by atoms with Gasteiger partial charge in [-0.15, -0.1) is 8.78 Å². The third kappa shape index (κ3) is 5.52. The van der Waals surface area contributed by atoms with Crippen LogP contribution in [-0.2, 0) is 11.2 Å². The van der Waals surface area contributed by atoms with Crippen LogP contribution < -0.4 is 15.0 Å². The smallest absolute Gasteiger partial charge is 0.420 e. The zero-order chi connectivity index (χ0) is 26.2. The Morgan fingerprint density at radius 2 is 1.92 bits per heavy atom. The normalized spacial score (nSPS) is 15.9. The number of aromatic amines is 1. The number of pyridine rings is 1. The second-order valence-electron chi connectivity index (χ2n) is 8.78. The molecular formula is C25H24ClF2N5O4. The summed E-state index contributed by atoms with van der Waals surface area (Å²) in [5.41, 5.74) is -0.324. The number of nitrogens with zero attached hydrogens (tertiary/aromatic N) is 3. The number of likely N-dealkylation sites (N-methyl/N-ethyl adjacent to an activating group) is 1. The lowest BCUT2D eigenvalue weighted by atomic mass is 10.1. The largest absolute Gasteiger partial charge is 0.487 e. The van der Waals surface area contributed by atoms with Gasteiger partial charge in [0.05, 0.1) is 24.5 Å². The number of amides is 2. The Bertz CT molecular complexity index is 1320. The number of nitrogens with one attached hydrogen (secondary N) is 2. The molecular weight excluding hydrogens is 508 g/mol. The lowest BCUT2D eigenvalue weighted by molar-refractivity contribution is -0.0964. The highest BCUT2D eigenvalue weighted by molar-refractivity contribution is 6.20. The first-order valence-corrected chi connectivity index (χ1v) is 12.0. The van der Waals surface area contributed by atoms with Crippen molar-refractivity contribution in [2.24, 2.45) is 0 Å². The summed E-state index contributed by atoms with van der Waals surface area (Å²) < 4.78 is 35.4. The fraction of sp³-hybridized carbons (Fsp3) is 0.320. The van der Waals surface area contributed by atoms with E-state index in [4.69, 9.17) is 16.3 Å². The molecule has 2 aliphatic rings. The monoisotopic (exact) mass is 531 g/mol. The van der Waals surface area contributed by atoms with E-state index in [2.05, 4.69) is 24.9 Å². The molecule has 12 heteroatoms. The standard InChI is InChI=1S/C25H24ClF2N5O4/c1-32-7-6-15-13-20(31-21(15)24(32)35)19-12-16(14-29-22(19)33-8-10-36-11-9-33)23(34)30-17-2-4-18(5-3-17)37-25(26,27)28/h2-5,12-14,31H,6-11H2,1H3,(H,30,34). The van der Waals surface area contributed by atoms with E-state index in [-0.39, 0.29) is 17.2 Å². The molecule has 2 N–H and O–H groups in total. The van der Waals surface area contributed by atoms with Crippen LogP contribution in [0.15, 0.2) is 42.6 Å². The first-order valence-electron chi connectivity index (χ1n) is 11.7. The van der Waals surface area contributed by atoms with Crippen LogP contribution in [0.3, 0.4) is 0 Å². The summed E-state index contributed by atoms with van der Waals surface area (Å²) in [6.45, 7) is 3.03. The number of rotatable bonds is 6. The molecule has 194 valence electrons. The highest BCUT2D eigenvalue weighted by Crippen LogP contribution is 2.33. The van der Waals surface area contributed by atoms with E-state index in [0.29, 0.717) is 61.3 Å². The van der Waals surface area contributed by atoms with Gasteiger partial charge in [-0.25, -0.2) is 4.98 Å². The van der Waals surface area contributed by atoms with Crippen molar-refractivity contribution in [2.45, 2.75) is 12.0 Å². The number of benzene rings is 1. The van der Waals surface area contributed by atoms with Crippen molar-refractivity contribution in [1.82, 2.24) is 14.9 Å². The second kappa shape index (κ2) is 9.98. The second-order valence-corrected chi connectivity index (χ2v) is 9.22. The van der Waals surface area contributed by atoms with Gasteiger partial charge in [0.1, 0.15) is 17.3 Å². The minimum Gasteiger partial charge on any atom is -0.420 e. The Morgan fingerprint density at radius 3 is 2.62 bits per heavy atom. The SMILES string of the molecule is CN1CCc2cc(-c3cc(C(=O)Nc4ccc(OC(F)(F)Cl)cc4)cnc3N3CCOCC3)[nH]c2C1=O. The molecule has 4 heterocycles. The maximum absolute atomic E-state index is 13.1. The molecule has 0 atom stereocenters. The van der Waals surface area contributed by atoms with Crippen molar-refractivity contribution in [2.75, 3.05) is 50.1 Å². The van der Waals surface area contributed by atoms with E-state index in [1.807, 2.05) is 6.07 Å². The molecule has 1 fully saturated rings. The average Bonchev–Trinajstić information content (AvgIpc) is 3.32. The van der Waals surface area contributed by atoms with E-state index >= 15 is 0 Å². The number of aromatic nitrogens is 2. The van der Waals surface area contributed by atoms with Gasteiger partial charge in [0.2, 0.25) is 0 Å². The van der Waals surface area contributed by atoms with Crippen molar-refractivity contribution < 1.29 is 27.8 Å². The maximum Gasteiger partial charge on any atom is 0.487 e. The van der Waals surface area contributed by atoms with Crippen LogP contribution in [0.4, 0.5) is 20.3 Å². The van der Waals surface area contributed by atoms with Crippen LogP contribution in [0, 0.1) is 0 Å². The molecule has 2 aliphatic heterocycles. The van der Waals surface area contributed by atoms with Gasteiger partial charge in [0.15, 0.2) is 0 Å². The Labute approximate surface area is 216 Å². The van der Waals surface area contributed by atoms with Gasteiger partial charge in [0, 0.05) is 55.7 Å². The van der Waals surface area contributed by atoms with Crippen molar-refractivity contribution >= 4 is 34.9 Å². The first-order chi connectivity index (χ1) is 17.7. The summed E-state index contributed by atoms with van der Waals surface area (Å²) >= 11 is 4.79. The number of halogens is 3. The molecule has 0 aliphatic carbocycles. The number of morpholine rings is 1. The lowest BCUT2D eigenvalue weighted by Crippen LogP contribution is -2.37. The molecule has 3 aromatic rings. The minimum atomic E-state index is -3.83. The molecule has 0 saturated carbocycles. The predicted octanol–water partition coefficient (Wildman–Crippen LogP) is 3.96. The topological polar surface area (TPSA) is 99.8 Å². The zero-order valence-corrected chi connectivity index (χ0v) is 20.6. The summed E-state index contributed by atoms with van der Waals surface area (Å²) in [5, 5.41) is 2.73. The number of H-pyrrole nitrogens is 1. The van der Waals surface area contributed by atoms with E-state index in [0.717, 1.165) is 12.0 Å². The number of carbonyl (C=O) groups excluding carboxylic acids is 2. The number of hydrogen-bond donors (Lipinski definition) is 2. The van der Waals surface area contributed by atoms with E-state index in [9.17, 15) is 18.4 Å². The minimum absolute atomic E-state index is 0.0818. The molecule has 2 aromatic heterocycles. The van der Waals surface area contributed by atoms with Crippen molar-refractivity contribution in [3.05, 3.63) is 59.4 Å². The Hall–Kier alpha value is -3.70. The van der Waals surface area contributed by atoms with Crippen LogP contribution >= 0.6 is 11.6 Å². The van der Waals surface area contributed by atoms with Crippen LogP contribution in [0.25, 0.3) is 11.3 Å². The van der Waals surface area contributed by atoms with Crippen LogP contribution in [0.2, 0.25) is 0 Å². The molecule has 5 rings (SSSR count). The Kier molecular flexibility index (Phi) is 6.74. The number of carbonyl (C=O) groups is 2. The van der Waals surface area contributed by atoms with Gasteiger partial charge >= 0.3 is 5.57 Å². The molecule has 0 bridgehead atoms. The summed E-state index contributed by atoms with van der Waals surface area (Å²) in [5.74, 6) is 0.0165. The molecule has 1 aromatic carbocycles. The third-order valence-corrected chi connectivity index (χ3v) is 6.33. The Morgan fingerprint density at radius 1 is 1.19 bits per heavy atom. The molecule has 0 spiro atoms. The van der Waals surface area contributed by atoms with E-state index in [1.54, 1.807) is 18.0 Å². The van der Waals surface area contributed by atoms with Gasteiger partial charge < -0.3 is 29.6 Å².